The molecule has 0 radical (unpaired) electrons. The molecule has 0 unspecified atom stereocenters. The van der Waals surface area contributed by atoms with Crippen LogP contribution >= 0.6 is 23.2 Å². The number of anilines is 1. The number of halogens is 2. The Morgan fingerprint density at radius 1 is 1.14 bits per heavy atom. The van der Waals surface area contributed by atoms with E-state index in [0.717, 1.165) is 5.56 Å². The minimum Gasteiger partial charge on any atom is -0.508 e. The van der Waals surface area contributed by atoms with Crippen LogP contribution in [0.4, 0.5) is 5.69 Å². The highest BCUT2D eigenvalue weighted by molar-refractivity contribution is 6.39. The van der Waals surface area contributed by atoms with Crippen LogP contribution in [0.3, 0.4) is 0 Å². The van der Waals surface area contributed by atoms with Crippen molar-refractivity contribution in [3.05, 3.63) is 57.6 Å². The van der Waals surface area contributed by atoms with Crippen LogP contribution in [0.25, 0.3) is 0 Å². The number of aliphatic carboxylic acids is 1. The number of aromatic hydroxyl groups is 1. The maximum atomic E-state index is 10.7. The number of rotatable bonds is 9. The Kier molecular flexibility index (Phi) is 9.51. The minimum atomic E-state index is -1.00. The molecule has 0 aliphatic heterocycles. The summed E-state index contributed by atoms with van der Waals surface area (Å²) in [6.45, 7) is 2.19. The van der Waals surface area contributed by atoms with Crippen LogP contribution in [0.15, 0.2) is 36.4 Å². The lowest BCUT2D eigenvalue weighted by Gasteiger charge is -2.21. The monoisotopic (exact) mass is 430 g/mol. The van der Waals surface area contributed by atoms with Gasteiger partial charge in [0.25, 0.3) is 0 Å². The summed E-state index contributed by atoms with van der Waals surface area (Å²) < 4.78 is 0. The van der Waals surface area contributed by atoms with E-state index < -0.39 is 12.1 Å². The van der Waals surface area contributed by atoms with E-state index in [1.807, 2.05) is 6.92 Å². The summed E-state index contributed by atoms with van der Waals surface area (Å²) in [5, 5.41) is 35.1. The number of aliphatic hydroxyl groups is 1. The molecular formula is C19H24Cl2N2O5. The van der Waals surface area contributed by atoms with Gasteiger partial charge in [0, 0.05) is 6.04 Å². The Morgan fingerprint density at radius 3 is 2.25 bits per heavy atom. The van der Waals surface area contributed by atoms with Crippen molar-refractivity contribution in [2.45, 2.75) is 25.5 Å². The SMILES string of the molecule is C[C@H](NCCc1cc(Cl)c(NCC(=O)O)c(Cl)c1)[C@H](O)c1ccc(O)cc1.O. The van der Waals surface area contributed by atoms with Gasteiger partial charge in [-0.3, -0.25) is 4.79 Å². The highest BCUT2D eigenvalue weighted by atomic mass is 35.5. The van der Waals surface area contributed by atoms with Crippen molar-refractivity contribution in [2.24, 2.45) is 0 Å². The number of carbonyl (C=O) groups is 1. The summed E-state index contributed by atoms with van der Waals surface area (Å²) in [4.78, 5) is 10.7. The van der Waals surface area contributed by atoms with Gasteiger partial charge in [0.2, 0.25) is 0 Å². The van der Waals surface area contributed by atoms with E-state index in [0.29, 0.717) is 34.3 Å². The standard InChI is InChI=1S/C19H22Cl2N2O4.H2O/c1-11(19(27)13-2-4-14(24)5-3-13)22-7-6-12-8-15(20)18(16(21)9-12)23-10-17(25)26;/h2-5,8-9,11,19,22-24,27H,6-7,10H2,1H3,(H,25,26);1H2/t11-,19-;/m0./s1. The fourth-order valence-corrected chi connectivity index (χ4v) is 3.28. The summed E-state index contributed by atoms with van der Waals surface area (Å²) in [5.74, 6) is -0.849. The molecular weight excluding hydrogens is 407 g/mol. The van der Waals surface area contributed by atoms with E-state index in [2.05, 4.69) is 10.6 Å². The molecule has 0 spiro atoms. The van der Waals surface area contributed by atoms with Gasteiger partial charge < -0.3 is 31.4 Å². The van der Waals surface area contributed by atoms with E-state index in [4.69, 9.17) is 28.3 Å². The molecule has 0 amide bonds. The lowest BCUT2D eigenvalue weighted by atomic mass is 10.0. The Morgan fingerprint density at radius 2 is 1.71 bits per heavy atom. The van der Waals surface area contributed by atoms with Gasteiger partial charge in [-0.05, 0) is 55.3 Å². The van der Waals surface area contributed by atoms with Gasteiger partial charge in [-0.15, -0.1) is 0 Å². The first-order chi connectivity index (χ1) is 12.8. The molecule has 0 heterocycles. The molecule has 2 aromatic carbocycles. The first-order valence-electron chi connectivity index (χ1n) is 8.42. The maximum absolute atomic E-state index is 10.7. The van der Waals surface area contributed by atoms with Crippen molar-refractivity contribution < 1.29 is 25.6 Å². The van der Waals surface area contributed by atoms with Gasteiger partial charge in [-0.25, -0.2) is 0 Å². The number of nitrogens with one attached hydrogen (secondary N) is 2. The van der Waals surface area contributed by atoms with Crippen LogP contribution in [0.2, 0.25) is 10.0 Å². The molecule has 28 heavy (non-hydrogen) atoms. The van der Waals surface area contributed by atoms with Crippen LogP contribution in [0.5, 0.6) is 5.75 Å². The molecule has 0 saturated heterocycles. The minimum absolute atomic E-state index is 0. The summed E-state index contributed by atoms with van der Waals surface area (Å²) in [6, 6.07) is 9.71. The molecule has 2 aromatic rings. The van der Waals surface area contributed by atoms with E-state index in [9.17, 15) is 15.0 Å². The normalized spacial score (nSPS) is 12.7. The highest BCUT2D eigenvalue weighted by Gasteiger charge is 2.16. The topological polar surface area (TPSA) is 133 Å². The number of hydrogen-bond donors (Lipinski definition) is 5. The molecule has 0 bridgehead atoms. The maximum Gasteiger partial charge on any atom is 0.322 e. The molecule has 0 aromatic heterocycles. The van der Waals surface area contributed by atoms with Gasteiger partial charge in [-0.1, -0.05) is 35.3 Å². The number of carboxylic acid groups (broad SMARTS) is 1. The fourth-order valence-electron chi connectivity index (χ4n) is 2.62. The summed E-state index contributed by atoms with van der Waals surface area (Å²) >= 11 is 12.4. The molecule has 7 nitrogen and oxygen atoms in total. The Bertz CT molecular complexity index is 763. The first kappa shape index (κ1) is 24.0. The number of phenols is 1. The molecule has 0 fully saturated rings. The van der Waals surface area contributed by atoms with Crippen LogP contribution < -0.4 is 10.6 Å². The third-order valence-electron chi connectivity index (χ3n) is 4.11. The summed E-state index contributed by atoms with van der Waals surface area (Å²) in [6.07, 6.45) is -0.0777. The lowest BCUT2D eigenvalue weighted by Crippen LogP contribution is -2.33. The molecule has 0 aliphatic rings. The van der Waals surface area contributed by atoms with Gasteiger partial charge in [-0.2, -0.15) is 0 Å². The lowest BCUT2D eigenvalue weighted by molar-refractivity contribution is -0.134. The molecule has 0 aliphatic carbocycles. The quantitative estimate of drug-likeness (QED) is 0.415. The summed E-state index contributed by atoms with van der Waals surface area (Å²) in [5.41, 5.74) is 2.01. The molecule has 154 valence electrons. The number of carboxylic acids is 1. The van der Waals surface area contributed by atoms with Crippen LogP contribution in [0, 0.1) is 0 Å². The second-order valence-electron chi connectivity index (χ2n) is 6.21. The zero-order chi connectivity index (χ0) is 20.0. The van der Waals surface area contributed by atoms with Crippen molar-refractivity contribution in [3.63, 3.8) is 0 Å². The zero-order valence-corrected chi connectivity index (χ0v) is 16.8. The predicted octanol–water partition coefficient (Wildman–Crippen LogP) is 2.63. The van der Waals surface area contributed by atoms with Crippen molar-refractivity contribution in [3.8, 4) is 5.75 Å². The van der Waals surface area contributed by atoms with E-state index in [1.165, 1.54) is 12.1 Å². The predicted molar refractivity (Wildman–Crippen MR) is 110 cm³/mol. The number of phenolic OH excluding ortho intramolecular Hbond substituents is 1. The fraction of sp³-hybridized carbons (Fsp3) is 0.316. The third kappa shape index (κ3) is 6.85. The second-order valence-corrected chi connectivity index (χ2v) is 7.03. The van der Waals surface area contributed by atoms with E-state index >= 15 is 0 Å². The Balaban J connectivity index is 0.00000392. The number of benzene rings is 2. The van der Waals surface area contributed by atoms with Gasteiger partial charge in [0.05, 0.1) is 21.8 Å². The largest absolute Gasteiger partial charge is 0.508 e. The Hall–Kier alpha value is -2.03. The highest BCUT2D eigenvalue weighted by Crippen LogP contribution is 2.32. The van der Waals surface area contributed by atoms with Crippen molar-refractivity contribution in [2.75, 3.05) is 18.4 Å². The Labute approximate surface area is 173 Å². The molecule has 9 heteroatoms. The van der Waals surface area contributed by atoms with Crippen molar-refractivity contribution >= 4 is 34.9 Å². The van der Waals surface area contributed by atoms with Gasteiger partial charge in [0.15, 0.2) is 0 Å². The van der Waals surface area contributed by atoms with Crippen molar-refractivity contribution in [1.29, 1.82) is 0 Å². The molecule has 2 atom stereocenters. The molecule has 2 rings (SSSR count). The van der Waals surface area contributed by atoms with E-state index in [-0.39, 0.29) is 23.8 Å². The smallest absolute Gasteiger partial charge is 0.322 e. The second kappa shape index (κ2) is 11.1. The van der Waals surface area contributed by atoms with Crippen LogP contribution in [0.1, 0.15) is 24.2 Å². The van der Waals surface area contributed by atoms with Crippen LogP contribution in [-0.2, 0) is 11.2 Å². The zero-order valence-electron chi connectivity index (χ0n) is 15.2. The van der Waals surface area contributed by atoms with E-state index in [1.54, 1.807) is 24.3 Å². The first-order valence-corrected chi connectivity index (χ1v) is 9.17. The third-order valence-corrected chi connectivity index (χ3v) is 4.70. The summed E-state index contributed by atoms with van der Waals surface area (Å²) in [7, 11) is 0. The average molecular weight is 431 g/mol. The molecule has 0 saturated carbocycles. The number of hydrogen-bond acceptors (Lipinski definition) is 5. The van der Waals surface area contributed by atoms with Gasteiger partial charge in [0.1, 0.15) is 12.3 Å². The van der Waals surface area contributed by atoms with Gasteiger partial charge >= 0.3 is 5.97 Å². The molecule has 7 N–H and O–H groups in total. The van der Waals surface area contributed by atoms with Crippen molar-refractivity contribution in [1.82, 2.24) is 5.32 Å². The number of aliphatic hydroxyl groups excluding tert-OH is 1. The average Bonchev–Trinajstić information content (AvgIpc) is 2.60. The van der Waals surface area contributed by atoms with Crippen LogP contribution in [-0.4, -0.2) is 45.9 Å².